The minimum atomic E-state index is -0.135. The lowest BCUT2D eigenvalue weighted by molar-refractivity contribution is -0.576. The summed E-state index contributed by atoms with van der Waals surface area (Å²) >= 11 is 19.0. The zero-order valence-electron chi connectivity index (χ0n) is 13.9. The third kappa shape index (κ3) is 4.66. The fourth-order valence-corrected chi connectivity index (χ4v) is 3.89. The van der Waals surface area contributed by atoms with Crippen molar-refractivity contribution in [2.24, 2.45) is 0 Å². The highest BCUT2D eigenvalue weighted by Gasteiger charge is 2.25. The fraction of sp³-hybridized carbons (Fsp3) is 0.0526. The Bertz CT molecular complexity index is 1020. The zero-order valence-corrected chi connectivity index (χ0v) is 17.0. The van der Waals surface area contributed by atoms with E-state index in [-0.39, 0.29) is 17.4 Å². The van der Waals surface area contributed by atoms with E-state index in [1.165, 1.54) is 11.3 Å². The van der Waals surface area contributed by atoms with E-state index in [0.717, 1.165) is 0 Å². The molecule has 1 aromatic carbocycles. The number of thiophene rings is 1. The quantitative estimate of drug-likeness (QED) is 0.223. The van der Waals surface area contributed by atoms with Crippen molar-refractivity contribution in [2.75, 3.05) is 5.32 Å². The predicted molar refractivity (Wildman–Crippen MR) is 115 cm³/mol. The minimum absolute atomic E-state index is 0.0310. The summed E-state index contributed by atoms with van der Waals surface area (Å²) in [6, 6.07) is 14.1. The van der Waals surface area contributed by atoms with Crippen molar-refractivity contribution < 1.29 is 14.8 Å². The van der Waals surface area contributed by atoms with Crippen molar-refractivity contribution in [1.82, 2.24) is 0 Å². The lowest BCUT2D eigenvalue weighted by Crippen LogP contribution is -2.39. The highest BCUT2D eigenvalue weighted by atomic mass is 35.5. The Kier molecular flexibility index (Phi) is 6.46. The third-order valence-corrected chi connectivity index (χ3v) is 5.53. The van der Waals surface area contributed by atoms with Crippen LogP contribution in [0.5, 0.6) is 0 Å². The average Bonchev–Trinajstić information content (AvgIpc) is 3.10. The van der Waals surface area contributed by atoms with Crippen LogP contribution < -0.4 is 9.88 Å². The van der Waals surface area contributed by atoms with Crippen molar-refractivity contribution >= 4 is 68.9 Å². The second-order valence-electron chi connectivity index (χ2n) is 5.51. The molecule has 0 amide bonds. The van der Waals surface area contributed by atoms with E-state index >= 15 is 0 Å². The van der Waals surface area contributed by atoms with Crippen LogP contribution in [0.15, 0.2) is 60.9 Å². The van der Waals surface area contributed by atoms with Gasteiger partial charge in [-0.1, -0.05) is 47.6 Å². The summed E-state index contributed by atoms with van der Waals surface area (Å²) in [5.74, 6) is -0.0310. The maximum atomic E-state index is 10.9. The van der Waals surface area contributed by atoms with Gasteiger partial charge < -0.3 is 15.5 Å². The Morgan fingerprint density at radius 3 is 2.56 bits per heavy atom. The number of hydrogen-bond donors (Lipinski definition) is 3. The number of thiocarbonyl (C=S) groups is 1. The number of halogens is 2. The number of nitrogens with one attached hydrogen (secondary N) is 1. The van der Waals surface area contributed by atoms with Gasteiger partial charge in [0.2, 0.25) is 5.76 Å². The molecule has 0 aliphatic heterocycles. The molecule has 3 N–H and O–H groups in total. The van der Waals surface area contributed by atoms with Gasteiger partial charge in [-0.15, -0.1) is 11.3 Å². The lowest BCUT2D eigenvalue weighted by atomic mass is 10.2. The van der Waals surface area contributed by atoms with E-state index in [1.807, 2.05) is 12.1 Å². The molecular formula is C19H15Cl2N2O2S2+. The maximum absolute atomic E-state index is 10.9. The Morgan fingerprint density at radius 2 is 1.89 bits per heavy atom. The SMILES string of the molecule is OCc1ccc[n+](/C(C(=S)Nc2ccccc2Cl)=C(\O)c2ccc(Cl)s2)c1. The minimum Gasteiger partial charge on any atom is -0.501 e. The van der Waals surface area contributed by atoms with Crippen molar-refractivity contribution in [2.45, 2.75) is 6.61 Å². The molecule has 0 fully saturated rings. The van der Waals surface area contributed by atoms with E-state index in [1.54, 1.807) is 53.4 Å². The molecule has 0 atom stereocenters. The van der Waals surface area contributed by atoms with Crippen LogP contribution >= 0.6 is 46.8 Å². The molecule has 138 valence electrons. The Morgan fingerprint density at radius 1 is 1.11 bits per heavy atom. The molecule has 0 unspecified atom stereocenters. The fourth-order valence-electron chi connectivity index (χ4n) is 2.41. The molecule has 0 saturated carbocycles. The summed E-state index contributed by atoms with van der Waals surface area (Å²) in [4.78, 5) is 0.838. The molecule has 0 bridgehead atoms. The van der Waals surface area contributed by atoms with Crippen LogP contribution in [0, 0.1) is 0 Å². The first kappa shape index (κ1) is 19.8. The molecule has 3 rings (SSSR count). The molecule has 2 heterocycles. The summed E-state index contributed by atoms with van der Waals surface area (Å²) < 4.78 is 2.20. The Labute approximate surface area is 175 Å². The molecule has 2 aromatic heterocycles. The van der Waals surface area contributed by atoms with E-state index in [0.29, 0.717) is 31.2 Å². The first-order valence-corrected chi connectivity index (χ1v) is 9.84. The number of aromatic nitrogens is 1. The molecule has 0 saturated heterocycles. The second-order valence-corrected chi connectivity index (χ2v) is 8.04. The van der Waals surface area contributed by atoms with Crippen LogP contribution in [0.4, 0.5) is 5.69 Å². The van der Waals surface area contributed by atoms with Gasteiger partial charge in [0.05, 0.1) is 26.5 Å². The lowest BCUT2D eigenvalue weighted by Gasteiger charge is -2.11. The van der Waals surface area contributed by atoms with Gasteiger partial charge in [0.1, 0.15) is 0 Å². The largest absolute Gasteiger partial charge is 0.501 e. The normalized spacial score (nSPS) is 11.8. The molecule has 0 aliphatic carbocycles. The van der Waals surface area contributed by atoms with Gasteiger partial charge >= 0.3 is 0 Å². The molecule has 8 heteroatoms. The number of hydrogen-bond acceptors (Lipinski definition) is 4. The van der Waals surface area contributed by atoms with Crippen LogP contribution in [-0.2, 0) is 6.61 Å². The third-order valence-electron chi connectivity index (χ3n) is 3.67. The van der Waals surface area contributed by atoms with E-state index < -0.39 is 0 Å². The number of aliphatic hydroxyl groups is 2. The highest BCUT2D eigenvalue weighted by Crippen LogP contribution is 2.29. The van der Waals surface area contributed by atoms with Gasteiger partial charge in [0, 0.05) is 11.6 Å². The van der Waals surface area contributed by atoms with E-state index in [2.05, 4.69) is 5.32 Å². The Hall–Kier alpha value is -1.96. The van der Waals surface area contributed by atoms with Crippen molar-refractivity contribution in [1.29, 1.82) is 0 Å². The first-order chi connectivity index (χ1) is 13.0. The standard InChI is InChI=1S/C19H14Cl2N2O2S2/c20-13-5-1-2-6-14(13)22-19(26)17(18(25)15-7-8-16(21)27-15)23-9-3-4-12(10-23)11-24/h1-10,24H,11H2,(H-,22,25,26)/p+1. The van der Waals surface area contributed by atoms with Crippen molar-refractivity contribution in [3.8, 4) is 0 Å². The number of anilines is 1. The van der Waals surface area contributed by atoms with Crippen LogP contribution in [0.1, 0.15) is 10.4 Å². The van der Waals surface area contributed by atoms with Crippen LogP contribution in [-0.4, -0.2) is 15.2 Å². The van der Waals surface area contributed by atoms with E-state index in [4.69, 9.17) is 35.4 Å². The summed E-state index contributed by atoms with van der Waals surface area (Å²) in [7, 11) is 0. The second kappa shape index (κ2) is 8.82. The summed E-state index contributed by atoms with van der Waals surface area (Å²) in [5.41, 5.74) is 1.64. The number of rotatable bonds is 5. The average molecular weight is 438 g/mol. The molecule has 0 aliphatic rings. The van der Waals surface area contributed by atoms with Crippen molar-refractivity contribution in [3.05, 3.63) is 80.7 Å². The predicted octanol–water partition coefficient (Wildman–Crippen LogP) is 5.16. The van der Waals surface area contributed by atoms with Gasteiger partial charge in [0.25, 0.3) is 5.70 Å². The van der Waals surface area contributed by atoms with Gasteiger partial charge in [0.15, 0.2) is 17.4 Å². The highest BCUT2D eigenvalue weighted by molar-refractivity contribution is 7.81. The molecule has 3 aromatic rings. The van der Waals surface area contributed by atoms with Gasteiger partial charge in [-0.25, -0.2) is 0 Å². The smallest absolute Gasteiger partial charge is 0.289 e. The first-order valence-electron chi connectivity index (χ1n) is 7.86. The van der Waals surface area contributed by atoms with Gasteiger partial charge in [-0.3, -0.25) is 0 Å². The summed E-state index contributed by atoms with van der Waals surface area (Å²) in [6.45, 7) is -0.135. The van der Waals surface area contributed by atoms with Crippen LogP contribution in [0.3, 0.4) is 0 Å². The number of para-hydroxylation sites is 1. The molecular weight excluding hydrogens is 423 g/mol. The van der Waals surface area contributed by atoms with Crippen molar-refractivity contribution in [3.63, 3.8) is 0 Å². The molecule has 27 heavy (non-hydrogen) atoms. The summed E-state index contributed by atoms with van der Waals surface area (Å²) in [5, 5.41) is 23.9. The number of pyridine rings is 1. The Balaban J connectivity index is 2.09. The topological polar surface area (TPSA) is 56.4 Å². The zero-order chi connectivity index (χ0) is 19.4. The van der Waals surface area contributed by atoms with E-state index in [9.17, 15) is 10.2 Å². The number of nitrogens with zero attached hydrogens (tertiary/aromatic N) is 1. The molecule has 0 spiro atoms. The summed E-state index contributed by atoms with van der Waals surface area (Å²) in [6.07, 6.45) is 3.43. The van der Waals surface area contributed by atoms with Crippen LogP contribution in [0.2, 0.25) is 9.36 Å². The van der Waals surface area contributed by atoms with Gasteiger partial charge in [-0.2, -0.15) is 4.57 Å². The van der Waals surface area contributed by atoms with Gasteiger partial charge in [-0.05, 0) is 30.3 Å². The molecule has 0 radical (unpaired) electrons. The maximum Gasteiger partial charge on any atom is 0.289 e. The number of aliphatic hydroxyl groups excluding tert-OH is 2. The number of benzene rings is 1. The monoisotopic (exact) mass is 437 g/mol. The van der Waals surface area contributed by atoms with Crippen LogP contribution in [0.25, 0.3) is 11.5 Å². The molecule has 4 nitrogen and oxygen atoms in total.